The van der Waals surface area contributed by atoms with E-state index in [-0.39, 0.29) is 11.4 Å². The smallest absolute Gasteiger partial charge is 0.449 e. The number of nitrogens with zero attached hydrogens (tertiary/aromatic N) is 1. The van der Waals surface area contributed by atoms with Gasteiger partial charge in [-0.05, 0) is 29.3 Å². The van der Waals surface area contributed by atoms with Crippen molar-refractivity contribution in [3.63, 3.8) is 0 Å². The molecule has 3 aromatic carbocycles. The number of rotatable bonds is 4. The lowest BCUT2D eigenvalue weighted by Gasteiger charge is -2.09. The number of hydrogen-bond donors (Lipinski definition) is 2. The molecule has 2 N–H and O–H groups in total. The first-order valence-electron chi connectivity index (χ1n) is 8.38. The van der Waals surface area contributed by atoms with Gasteiger partial charge in [-0.2, -0.15) is 0 Å². The molecule has 0 aliphatic heterocycles. The molecule has 0 radical (unpaired) electrons. The number of para-hydroxylation sites is 3. The average Bonchev–Trinajstić information content (AvgIpc) is 2.98. The van der Waals surface area contributed by atoms with Gasteiger partial charge in [0.15, 0.2) is 0 Å². The van der Waals surface area contributed by atoms with Gasteiger partial charge in [0.25, 0.3) is 0 Å². The van der Waals surface area contributed by atoms with Gasteiger partial charge in [0.05, 0.1) is 17.6 Å². The van der Waals surface area contributed by atoms with Gasteiger partial charge in [0, 0.05) is 5.56 Å². The monoisotopic (exact) mass is 360 g/mol. The molecule has 1 aromatic heterocycles. The highest BCUT2D eigenvalue weighted by atomic mass is 16.7. The first-order chi connectivity index (χ1) is 13.1. The normalized spacial score (nSPS) is 10.8. The van der Waals surface area contributed by atoms with Crippen molar-refractivity contribution < 1.29 is 14.6 Å². The van der Waals surface area contributed by atoms with Crippen LogP contribution in [0.25, 0.3) is 22.2 Å². The zero-order valence-corrected chi connectivity index (χ0v) is 14.3. The molecule has 0 bridgehead atoms. The predicted molar refractivity (Wildman–Crippen MR) is 102 cm³/mol. The molecule has 0 saturated heterocycles. The van der Waals surface area contributed by atoms with Crippen LogP contribution in [0.5, 0.6) is 5.75 Å². The number of ether oxygens (including phenoxy) is 1. The van der Waals surface area contributed by atoms with E-state index < -0.39 is 6.16 Å². The van der Waals surface area contributed by atoms with Crippen LogP contribution in [0.15, 0.2) is 77.6 Å². The van der Waals surface area contributed by atoms with Crippen LogP contribution in [0.2, 0.25) is 0 Å². The lowest BCUT2D eigenvalue weighted by molar-refractivity contribution is 0.144. The Bertz CT molecular complexity index is 1170. The summed E-state index contributed by atoms with van der Waals surface area (Å²) in [7, 11) is 0. The molecule has 1 heterocycles. The molecule has 6 nitrogen and oxygen atoms in total. The van der Waals surface area contributed by atoms with E-state index in [2.05, 4.69) is 4.98 Å². The third-order valence-corrected chi connectivity index (χ3v) is 4.37. The van der Waals surface area contributed by atoms with E-state index in [0.29, 0.717) is 12.1 Å². The predicted octanol–water partition coefficient (Wildman–Crippen LogP) is 4.10. The maximum atomic E-state index is 12.2. The van der Waals surface area contributed by atoms with Crippen LogP contribution in [-0.2, 0) is 6.54 Å². The Labute approximate surface area is 154 Å². The van der Waals surface area contributed by atoms with Crippen molar-refractivity contribution in [2.45, 2.75) is 6.54 Å². The number of hydrogen-bond acceptors (Lipinski definition) is 3. The lowest BCUT2D eigenvalue weighted by Crippen LogP contribution is -2.17. The highest BCUT2D eigenvalue weighted by molar-refractivity contribution is 5.75. The fourth-order valence-corrected chi connectivity index (χ4v) is 3.12. The SMILES string of the molecule is O=C(O)Oc1ccccc1-c1ccc(Cn2c(=O)[nH]c3ccccc32)cc1. The Kier molecular flexibility index (Phi) is 4.22. The molecule has 27 heavy (non-hydrogen) atoms. The van der Waals surface area contributed by atoms with Gasteiger partial charge < -0.3 is 14.8 Å². The Morgan fingerprint density at radius 3 is 2.44 bits per heavy atom. The van der Waals surface area contributed by atoms with E-state index in [9.17, 15) is 9.59 Å². The minimum atomic E-state index is -1.35. The second-order valence-corrected chi connectivity index (χ2v) is 6.09. The highest BCUT2D eigenvalue weighted by Gasteiger charge is 2.10. The largest absolute Gasteiger partial charge is 0.511 e. The van der Waals surface area contributed by atoms with Gasteiger partial charge in [-0.15, -0.1) is 0 Å². The Morgan fingerprint density at radius 1 is 0.963 bits per heavy atom. The zero-order chi connectivity index (χ0) is 18.8. The summed E-state index contributed by atoms with van der Waals surface area (Å²) >= 11 is 0. The number of carboxylic acid groups (broad SMARTS) is 1. The molecule has 0 fully saturated rings. The first-order valence-corrected chi connectivity index (χ1v) is 8.38. The van der Waals surface area contributed by atoms with Crippen LogP contribution in [0.4, 0.5) is 4.79 Å². The fraction of sp³-hybridized carbons (Fsp3) is 0.0476. The van der Waals surface area contributed by atoms with Crippen LogP contribution < -0.4 is 10.4 Å². The first kappa shape index (κ1) is 16.7. The molecule has 0 atom stereocenters. The molecule has 0 aliphatic carbocycles. The van der Waals surface area contributed by atoms with Crippen molar-refractivity contribution in [1.82, 2.24) is 9.55 Å². The summed E-state index contributed by atoms with van der Waals surface area (Å²) in [4.78, 5) is 25.9. The van der Waals surface area contributed by atoms with Crippen LogP contribution >= 0.6 is 0 Å². The second kappa shape index (κ2) is 6.84. The molecule has 134 valence electrons. The van der Waals surface area contributed by atoms with E-state index in [1.54, 1.807) is 22.8 Å². The van der Waals surface area contributed by atoms with E-state index >= 15 is 0 Å². The number of aromatic nitrogens is 2. The molecule has 0 aliphatic rings. The molecule has 0 unspecified atom stereocenters. The van der Waals surface area contributed by atoms with Gasteiger partial charge in [0.1, 0.15) is 5.75 Å². The summed E-state index contributed by atoms with van der Waals surface area (Å²) in [6, 6.07) is 22.1. The van der Waals surface area contributed by atoms with Gasteiger partial charge in [-0.1, -0.05) is 54.6 Å². The zero-order valence-electron chi connectivity index (χ0n) is 14.3. The molecule has 4 aromatic rings. The number of nitrogens with one attached hydrogen (secondary N) is 1. The van der Waals surface area contributed by atoms with Crippen molar-refractivity contribution >= 4 is 17.2 Å². The maximum absolute atomic E-state index is 12.2. The molecule has 6 heteroatoms. The summed E-state index contributed by atoms with van der Waals surface area (Å²) in [5.41, 5.74) is 3.99. The summed E-state index contributed by atoms with van der Waals surface area (Å²) in [5, 5.41) is 8.88. The van der Waals surface area contributed by atoms with Crippen LogP contribution in [0.3, 0.4) is 0 Å². The average molecular weight is 360 g/mol. The summed E-state index contributed by atoms with van der Waals surface area (Å²) in [6.07, 6.45) is -1.35. The van der Waals surface area contributed by atoms with Crippen LogP contribution in [-0.4, -0.2) is 20.8 Å². The van der Waals surface area contributed by atoms with Crippen LogP contribution in [0, 0.1) is 0 Å². The number of H-pyrrole nitrogens is 1. The lowest BCUT2D eigenvalue weighted by atomic mass is 10.0. The van der Waals surface area contributed by atoms with E-state index in [1.165, 1.54) is 0 Å². The highest BCUT2D eigenvalue weighted by Crippen LogP contribution is 2.30. The minimum absolute atomic E-state index is 0.152. The Balaban J connectivity index is 1.64. The number of benzene rings is 3. The molecule has 0 amide bonds. The molecular formula is C21H16N2O4. The van der Waals surface area contributed by atoms with Gasteiger partial charge in [-0.25, -0.2) is 9.59 Å². The second-order valence-electron chi connectivity index (χ2n) is 6.09. The van der Waals surface area contributed by atoms with E-state index in [1.807, 2.05) is 54.6 Å². The van der Waals surface area contributed by atoms with Crippen molar-refractivity contribution in [3.05, 3.63) is 88.8 Å². The van der Waals surface area contributed by atoms with Crippen molar-refractivity contribution in [1.29, 1.82) is 0 Å². The quantitative estimate of drug-likeness (QED) is 0.424. The minimum Gasteiger partial charge on any atom is -0.449 e. The molecule has 0 spiro atoms. The number of imidazole rings is 1. The van der Waals surface area contributed by atoms with Crippen molar-refractivity contribution in [3.8, 4) is 16.9 Å². The standard InChI is InChI=1S/C21H16N2O4/c24-20-22-17-6-2-3-7-18(17)23(20)13-14-9-11-15(12-10-14)16-5-1-4-8-19(16)27-21(25)26/h1-12H,13H2,(H,22,24)(H,25,26). The van der Waals surface area contributed by atoms with E-state index in [0.717, 1.165) is 22.2 Å². The summed E-state index contributed by atoms with van der Waals surface area (Å²) < 4.78 is 6.53. The molecule has 0 saturated carbocycles. The van der Waals surface area contributed by atoms with Gasteiger partial charge in [0.2, 0.25) is 0 Å². The van der Waals surface area contributed by atoms with Gasteiger partial charge in [-0.3, -0.25) is 4.57 Å². The fourth-order valence-electron chi connectivity index (χ4n) is 3.12. The number of aromatic amines is 1. The Hall–Kier alpha value is -3.80. The summed E-state index contributed by atoms with van der Waals surface area (Å²) in [5.74, 6) is 0.283. The Morgan fingerprint density at radius 2 is 1.67 bits per heavy atom. The van der Waals surface area contributed by atoms with Crippen molar-refractivity contribution in [2.75, 3.05) is 0 Å². The van der Waals surface area contributed by atoms with Gasteiger partial charge >= 0.3 is 11.8 Å². The third-order valence-electron chi connectivity index (χ3n) is 4.37. The maximum Gasteiger partial charge on any atom is 0.511 e. The third kappa shape index (κ3) is 3.32. The van der Waals surface area contributed by atoms with E-state index in [4.69, 9.17) is 9.84 Å². The topological polar surface area (TPSA) is 84.3 Å². The molecular weight excluding hydrogens is 344 g/mol. The van der Waals surface area contributed by atoms with Crippen molar-refractivity contribution in [2.24, 2.45) is 0 Å². The number of fused-ring (bicyclic) bond motifs is 1. The number of carbonyl (C=O) groups is 1. The summed E-state index contributed by atoms with van der Waals surface area (Å²) in [6.45, 7) is 0.441. The molecule has 4 rings (SSSR count). The van der Waals surface area contributed by atoms with Crippen LogP contribution in [0.1, 0.15) is 5.56 Å².